The molecule has 1 aromatic heterocycles. The third kappa shape index (κ3) is 2.82. The van der Waals surface area contributed by atoms with Crippen LogP contribution in [0.1, 0.15) is 40.6 Å². The van der Waals surface area contributed by atoms with E-state index in [1.54, 1.807) is 6.07 Å². The Morgan fingerprint density at radius 2 is 2.00 bits per heavy atom. The first kappa shape index (κ1) is 17.5. The Hall–Kier alpha value is -2.64. The Kier molecular flexibility index (Phi) is 4.21. The first-order valence-electron chi connectivity index (χ1n) is 9.77. The molecule has 6 nitrogen and oxygen atoms in total. The maximum Gasteiger partial charge on any atom is 0.491 e. The van der Waals surface area contributed by atoms with E-state index >= 15 is 0 Å². The Morgan fingerprint density at radius 3 is 2.82 bits per heavy atom. The lowest BCUT2D eigenvalue weighted by Crippen LogP contribution is -2.40. The van der Waals surface area contributed by atoms with Crippen molar-refractivity contribution in [3.63, 3.8) is 0 Å². The number of aromatic nitrogens is 2. The summed E-state index contributed by atoms with van der Waals surface area (Å²) in [5.74, 6) is 1.05. The number of amides is 1. The Bertz CT molecular complexity index is 1060. The van der Waals surface area contributed by atoms with Gasteiger partial charge in [-0.25, -0.2) is 4.98 Å². The van der Waals surface area contributed by atoms with E-state index in [4.69, 9.17) is 4.65 Å². The second-order valence-electron chi connectivity index (χ2n) is 7.62. The van der Waals surface area contributed by atoms with Crippen molar-refractivity contribution in [2.24, 2.45) is 0 Å². The number of rotatable bonds is 2. The summed E-state index contributed by atoms with van der Waals surface area (Å²) in [4.78, 5) is 19.6. The van der Waals surface area contributed by atoms with Gasteiger partial charge >= 0.3 is 7.12 Å². The average Bonchev–Trinajstić information content (AvgIpc) is 3.26. The van der Waals surface area contributed by atoms with E-state index < -0.39 is 7.12 Å². The summed E-state index contributed by atoms with van der Waals surface area (Å²) in [6.07, 6.45) is 1.81. The van der Waals surface area contributed by atoms with Gasteiger partial charge in [0.05, 0.1) is 17.6 Å². The molecule has 2 aliphatic heterocycles. The van der Waals surface area contributed by atoms with Crippen LogP contribution in [0, 0.1) is 6.92 Å². The van der Waals surface area contributed by atoms with Gasteiger partial charge in [0, 0.05) is 24.7 Å². The summed E-state index contributed by atoms with van der Waals surface area (Å²) in [6.45, 7) is 3.88. The topological polar surface area (TPSA) is 67.6 Å². The highest BCUT2D eigenvalue weighted by Crippen LogP contribution is 2.29. The van der Waals surface area contributed by atoms with E-state index in [1.165, 1.54) is 0 Å². The molecule has 7 heteroatoms. The molecule has 0 spiro atoms. The molecule has 0 aliphatic carbocycles. The normalized spacial score (nSPS) is 17.4. The van der Waals surface area contributed by atoms with Gasteiger partial charge in [0.15, 0.2) is 0 Å². The van der Waals surface area contributed by atoms with Gasteiger partial charge in [0.2, 0.25) is 0 Å². The third-order valence-corrected chi connectivity index (χ3v) is 5.94. The molecule has 0 radical (unpaired) electrons. The maximum atomic E-state index is 13.0. The number of fused-ring (bicyclic) bond motifs is 2. The van der Waals surface area contributed by atoms with E-state index in [0.717, 1.165) is 35.3 Å². The maximum absolute atomic E-state index is 13.0. The van der Waals surface area contributed by atoms with Crippen molar-refractivity contribution < 1.29 is 14.5 Å². The average molecular weight is 375 g/mol. The Balaban J connectivity index is 1.33. The van der Waals surface area contributed by atoms with Crippen molar-refractivity contribution in [1.29, 1.82) is 0 Å². The molecule has 1 fully saturated rings. The van der Waals surface area contributed by atoms with Crippen LogP contribution in [0.4, 0.5) is 0 Å². The molecule has 0 atom stereocenters. The van der Waals surface area contributed by atoms with Gasteiger partial charge in [-0.1, -0.05) is 18.2 Å². The van der Waals surface area contributed by atoms with Gasteiger partial charge in [-0.3, -0.25) is 4.79 Å². The lowest BCUT2D eigenvalue weighted by Gasteiger charge is -2.33. The second kappa shape index (κ2) is 6.76. The molecule has 0 saturated carbocycles. The molecular formula is C21H22BN3O3. The molecule has 2 aromatic carbocycles. The molecule has 1 saturated heterocycles. The number of benzene rings is 2. The molecule has 2 aliphatic rings. The fourth-order valence-corrected chi connectivity index (χ4v) is 4.48. The summed E-state index contributed by atoms with van der Waals surface area (Å²) in [5, 5.41) is 9.90. The van der Waals surface area contributed by atoms with Crippen LogP contribution >= 0.6 is 0 Å². The van der Waals surface area contributed by atoms with Crippen molar-refractivity contribution in [3.05, 3.63) is 59.4 Å². The molecule has 3 heterocycles. The van der Waals surface area contributed by atoms with E-state index in [-0.39, 0.29) is 5.91 Å². The highest BCUT2D eigenvalue weighted by Gasteiger charge is 2.30. The summed E-state index contributed by atoms with van der Waals surface area (Å²) in [5.41, 5.74) is 4.47. The minimum atomic E-state index is -0.925. The van der Waals surface area contributed by atoms with Gasteiger partial charge in [0.1, 0.15) is 5.82 Å². The highest BCUT2D eigenvalue weighted by molar-refractivity contribution is 6.61. The second-order valence-corrected chi connectivity index (χ2v) is 7.62. The zero-order valence-corrected chi connectivity index (χ0v) is 15.8. The van der Waals surface area contributed by atoms with Gasteiger partial charge < -0.3 is 19.1 Å². The highest BCUT2D eigenvalue weighted by atomic mass is 16.5. The predicted molar refractivity (Wildman–Crippen MR) is 107 cm³/mol. The SMILES string of the molecule is Cc1nc2ccccc2n1C1CCN(C(=O)c2ccc3c(c2)B(O)OC3)CC1. The zero-order valence-electron chi connectivity index (χ0n) is 15.8. The van der Waals surface area contributed by atoms with Crippen LogP contribution in [0.5, 0.6) is 0 Å². The Morgan fingerprint density at radius 1 is 1.21 bits per heavy atom. The van der Waals surface area contributed by atoms with Gasteiger partial charge in [-0.2, -0.15) is 0 Å². The van der Waals surface area contributed by atoms with Crippen LogP contribution in [-0.2, 0) is 11.3 Å². The third-order valence-electron chi connectivity index (χ3n) is 5.94. The number of aryl methyl sites for hydroxylation is 1. The van der Waals surface area contributed by atoms with Crippen molar-refractivity contribution in [2.45, 2.75) is 32.4 Å². The van der Waals surface area contributed by atoms with E-state index in [0.29, 0.717) is 36.8 Å². The first-order chi connectivity index (χ1) is 13.6. The van der Waals surface area contributed by atoms with Crippen molar-refractivity contribution in [2.75, 3.05) is 13.1 Å². The first-order valence-corrected chi connectivity index (χ1v) is 9.77. The van der Waals surface area contributed by atoms with Crippen LogP contribution in [0.3, 0.4) is 0 Å². The number of likely N-dealkylation sites (tertiary alicyclic amines) is 1. The van der Waals surface area contributed by atoms with Gasteiger partial charge in [0.25, 0.3) is 5.91 Å². The fourth-order valence-electron chi connectivity index (χ4n) is 4.48. The van der Waals surface area contributed by atoms with Crippen LogP contribution in [0.15, 0.2) is 42.5 Å². The number of hydrogen-bond acceptors (Lipinski definition) is 4. The molecule has 28 heavy (non-hydrogen) atoms. The van der Waals surface area contributed by atoms with Crippen molar-refractivity contribution >= 4 is 29.5 Å². The number of nitrogens with zero attached hydrogens (tertiary/aromatic N) is 3. The number of hydrogen-bond donors (Lipinski definition) is 1. The monoisotopic (exact) mass is 375 g/mol. The van der Waals surface area contributed by atoms with Crippen molar-refractivity contribution in [3.8, 4) is 0 Å². The number of para-hydroxylation sites is 2. The quantitative estimate of drug-likeness (QED) is 0.697. The summed E-state index contributed by atoms with van der Waals surface area (Å²) >= 11 is 0. The summed E-state index contributed by atoms with van der Waals surface area (Å²) < 4.78 is 7.55. The fraction of sp³-hybridized carbons (Fsp3) is 0.333. The minimum Gasteiger partial charge on any atom is -0.423 e. The van der Waals surface area contributed by atoms with Crippen LogP contribution < -0.4 is 5.46 Å². The van der Waals surface area contributed by atoms with Crippen molar-refractivity contribution in [1.82, 2.24) is 14.5 Å². The van der Waals surface area contributed by atoms with Gasteiger partial charge in [-0.15, -0.1) is 0 Å². The lowest BCUT2D eigenvalue weighted by molar-refractivity contribution is 0.0695. The predicted octanol–water partition coefficient (Wildman–Crippen LogP) is 2.04. The number of piperidine rings is 1. The molecular weight excluding hydrogens is 353 g/mol. The minimum absolute atomic E-state index is 0.0209. The molecule has 0 unspecified atom stereocenters. The largest absolute Gasteiger partial charge is 0.491 e. The summed E-state index contributed by atoms with van der Waals surface area (Å²) in [7, 11) is -0.925. The smallest absolute Gasteiger partial charge is 0.423 e. The zero-order chi connectivity index (χ0) is 19.3. The lowest BCUT2D eigenvalue weighted by atomic mass is 9.78. The molecule has 0 bridgehead atoms. The molecule has 1 amide bonds. The van der Waals surface area contributed by atoms with E-state index in [2.05, 4.69) is 22.5 Å². The van der Waals surface area contributed by atoms with Crippen LogP contribution in [-0.4, -0.2) is 45.6 Å². The number of carbonyl (C=O) groups is 1. The van der Waals surface area contributed by atoms with Gasteiger partial charge in [-0.05, 0) is 55.1 Å². The Labute approximate surface area is 163 Å². The molecule has 142 valence electrons. The molecule has 5 rings (SSSR count). The van der Waals surface area contributed by atoms with Crippen LogP contribution in [0.2, 0.25) is 0 Å². The van der Waals surface area contributed by atoms with E-state index in [9.17, 15) is 9.82 Å². The molecule has 1 N–H and O–H groups in total. The molecule has 3 aromatic rings. The number of imidazole rings is 1. The van der Waals surface area contributed by atoms with Crippen LogP contribution in [0.25, 0.3) is 11.0 Å². The standard InChI is InChI=1S/C21H22BN3O3/c1-14-23-19-4-2-3-5-20(19)25(14)17-8-10-24(11-9-17)21(26)15-6-7-16-13-28-22(27)18(16)12-15/h2-7,12,17,27H,8-11,13H2,1H3. The van der Waals surface area contributed by atoms with E-state index in [1.807, 2.05) is 35.2 Å². The summed E-state index contributed by atoms with van der Waals surface area (Å²) in [6, 6.07) is 14.1. The number of carbonyl (C=O) groups excluding carboxylic acids is 1.